The average molecular weight is 420 g/mol. The third-order valence-corrected chi connectivity index (χ3v) is 6.06. The fourth-order valence-corrected chi connectivity index (χ4v) is 4.27. The molecule has 30 heavy (non-hydrogen) atoms. The predicted molar refractivity (Wildman–Crippen MR) is 120 cm³/mol. The first-order valence-electron chi connectivity index (χ1n) is 9.83. The number of carbonyl (C=O) groups excluding carboxylic acids is 3. The molecule has 0 bridgehead atoms. The number of rotatable bonds is 5. The Morgan fingerprint density at radius 1 is 1.07 bits per heavy atom. The minimum Gasteiger partial charge on any atom is -0.461 e. The van der Waals surface area contributed by atoms with E-state index in [1.165, 1.54) is 0 Å². The van der Waals surface area contributed by atoms with Crippen LogP contribution in [-0.2, 0) is 14.3 Å². The summed E-state index contributed by atoms with van der Waals surface area (Å²) in [6, 6.07) is 18.0. The molecule has 0 radical (unpaired) electrons. The van der Waals surface area contributed by atoms with Crippen molar-refractivity contribution in [1.82, 2.24) is 4.90 Å². The number of hydrogen-bond acceptors (Lipinski definition) is 5. The van der Waals surface area contributed by atoms with Crippen LogP contribution in [0.3, 0.4) is 0 Å². The fraction of sp³-hybridized carbons (Fsp3) is 0.208. The van der Waals surface area contributed by atoms with Gasteiger partial charge in [0.1, 0.15) is 6.54 Å². The molecule has 6 heteroatoms. The van der Waals surface area contributed by atoms with Crippen LogP contribution in [0, 0.1) is 0 Å². The molecule has 2 amide bonds. The van der Waals surface area contributed by atoms with Crippen LogP contribution in [-0.4, -0.2) is 34.7 Å². The summed E-state index contributed by atoms with van der Waals surface area (Å²) in [4.78, 5) is 38.6. The quantitative estimate of drug-likeness (QED) is 0.316. The van der Waals surface area contributed by atoms with Crippen LogP contribution in [0.25, 0.3) is 27.6 Å². The summed E-state index contributed by atoms with van der Waals surface area (Å²) in [5, 5.41) is 3.65. The van der Waals surface area contributed by atoms with Gasteiger partial charge in [-0.25, -0.2) is 0 Å². The van der Waals surface area contributed by atoms with Crippen LogP contribution < -0.4 is 0 Å². The molecule has 0 spiro atoms. The highest BCUT2D eigenvalue weighted by Crippen LogP contribution is 2.36. The molecular weight excluding hydrogens is 398 g/mol. The number of ether oxygens (including phenoxy) is 1. The highest BCUT2D eigenvalue weighted by molar-refractivity contribution is 8.18. The highest BCUT2D eigenvalue weighted by Gasteiger charge is 2.37. The minimum atomic E-state index is -0.580. The molecule has 0 unspecified atom stereocenters. The number of imide groups is 1. The van der Waals surface area contributed by atoms with Crippen molar-refractivity contribution >= 4 is 56.5 Å². The lowest BCUT2D eigenvalue weighted by atomic mass is 9.96. The van der Waals surface area contributed by atoms with E-state index in [1.54, 1.807) is 13.0 Å². The lowest BCUT2D eigenvalue weighted by Gasteiger charge is -2.15. The van der Waals surface area contributed by atoms with Crippen molar-refractivity contribution in [2.75, 3.05) is 6.54 Å². The zero-order chi connectivity index (χ0) is 21.3. The number of carbonyl (C=O) groups is 3. The van der Waals surface area contributed by atoms with E-state index in [0.717, 1.165) is 43.8 Å². The van der Waals surface area contributed by atoms with E-state index in [0.29, 0.717) is 11.3 Å². The smallest absolute Gasteiger partial charge is 0.326 e. The molecule has 0 saturated carbocycles. The Morgan fingerprint density at radius 2 is 1.67 bits per heavy atom. The Kier molecular flexibility index (Phi) is 5.59. The molecule has 1 atom stereocenters. The van der Waals surface area contributed by atoms with Crippen molar-refractivity contribution in [3.8, 4) is 0 Å². The van der Waals surface area contributed by atoms with Gasteiger partial charge in [0.15, 0.2) is 0 Å². The van der Waals surface area contributed by atoms with Gasteiger partial charge in [0.2, 0.25) is 0 Å². The van der Waals surface area contributed by atoms with Gasteiger partial charge in [0.25, 0.3) is 11.1 Å². The topological polar surface area (TPSA) is 63.7 Å². The largest absolute Gasteiger partial charge is 0.461 e. The van der Waals surface area contributed by atoms with Gasteiger partial charge in [-0.1, -0.05) is 55.5 Å². The Morgan fingerprint density at radius 3 is 2.27 bits per heavy atom. The number of nitrogens with zero attached hydrogens (tertiary/aromatic N) is 1. The predicted octanol–water partition coefficient (Wildman–Crippen LogP) is 5.37. The summed E-state index contributed by atoms with van der Waals surface area (Å²) in [5.74, 6) is -1.05. The van der Waals surface area contributed by atoms with E-state index in [9.17, 15) is 14.4 Å². The van der Waals surface area contributed by atoms with Crippen molar-refractivity contribution in [2.24, 2.45) is 0 Å². The molecule has 1 saturated heterocycles. The van der Waals surface area contributed by atoms with E-state index in [-0.39, 0.29) is 12.6 Å². The summed E-state index contributed by atoms with van der Waals surface area (Å²) in [6.45, 7) is 3.30. The molecule has 1 heterocycles. The van der Waals surface area contributed by atoms with Crippen molar-refractivity contribution in [3.63, 3.8) is 0 Å². The Bertz CT molecular complexity index is 1150. The molecule has 1 fully saturated rings. The second-order valence-corrected chi connectivity index (χ2v) is 8.20. The molecule has 152 valence electrons. The standard InChI is InChI=1S/C24H21NO4S/c1-3-15(2)29-22(26)14-25-23(27)21(30-24(25)28)13-20-18-10-6-4-8-16(18)12-17-9-5-7-11-19(17)20/h4-13,15H,3,14H2,1-2H3/b21-13+/t15-/m1/s1. The number of fused-ring (bicyclic) bond motifs is 2. The number of hydrogen-bond donors (Lipinski definition) is 0. The normalized spacial score (nSPS) is 16.6. The second kappa shape index (κ2) is 8.32. The third kappa shape index (κ3) is 3.83. The van der Waals surface area contributed by atoms with E-state index in [2.05, 4.69) is 6.07 Å². The van der Waals surface area contributed by atoms with E-state index >= 15 is 0 Å². The molecule has 0 N–H and O–H groups in total. The zero-order valence-electron chi connectivity index (χ0n) is 16.8. The summed E-state index contributed by atoms with van der Waals surface area (Å²) < 4.78 is 5.21. The monoisotopic (exact) mass is 419 g/mol. The van der Waals surface area contributed by atoms with Crippen molar-refractivity contribution in [2.45, 2.75) is 26.4 Å². The molecule has 0 aliphatic carbocycles. The Labute approximate surface area is 178 Å². The van der Waals surface area contributed by atoms with Gasteiger partial charge in [-0.2, -0.15) is 0 Å². The molecular formula is C24H21NO4S. The Hall–Kier alpha value is -3.12. The fourth-order valence-electron chi connectivity index (χ4n) is 3.45. The molecule has 4 rings (SSSR count). The van der Waals surface area contributed by atoms with Crippen molar-refractivity contribution in [1.29, 1.82) is 0 Å². The van der Waals surface area contributed by atoms with Crippen LogP contribution in [0.15, 0.2) is 59.5 Å². The van der Waals surface area contributed by atoms with Gasteiger partial charge in [0.05, 0.1) is 11.0 Å². The molecule has 3 aromatic rings. The molecule has 5 nitrogen and oxygen atoms in total. The van der Waals surface area contributed by atoms with Crippen LogP contribution in [0.4, 0.5) is 4.79 Å². The van der Waals surface area contributed by atoms with E-state index in [1.807, 2.05) is 55.5 Å². The second-order valence-electron chi connectivity index (χ2n) is 7.21. The lowest BCUT2D eigenvalue weighted by Crippen LogP contribution is -2.35. The first-order valence-corrected chi connectivity index (χ1v) is 10.6. The van der Waals surface area contributed by atoms with Gasteiger partial charge in [-0.05, 0) is 64.4 Å². The summed E-state index contributed by atoms with van der Waals surface area (Å²) in [7, 11) is 0. The van der Waals surface area contributed by atoms with Gasteiger partial charge in [-0.3, -0.25) is 19.3 Å². The Balaban J connectivity index is 1.72. The first-order chi connectivity index (χ1) is 14.5. The molecule has 1 aliphatic rings. The van der Waals surface area contributed by atoms with Crippen LogP contribution >= 0.6 is 11.8 Å². The van der Waals surface area contributed by atoms with Gasteiger partial charge < -0.3 is 4.74 Å². The van der Waals surface area contributed by atoms with Crippen LogP contribution in [0.2, 0.25) is 0 Å². The van der Waals surface area contributed by atoms with Crippen molar-refractivity contribution in [3.05, 3.63) is 65.1 Å². The molecule has 1 aliphatic heterocycles. The lowest BCUT2D eigenvalue weighted by molar-refractivity contribution is -0.150. The summed E-state index contributed by atoms with van der Waals surface area (Å²) in [5.41, 5.74) is 0.886. The van der Waals surface area contributed by atoms with Gasteiger partial charge in [-0.15, -0.1) is 0 Å². The maximum Gasteiger partial charge on any atom is 0.326 e. The average Bonchev–Trinajstić information content (AvgIpc) is 3.00. The summed E-state index contributed by atoms with van der Waals surface area (Å²) >= 11 is 0.851. The van der Waals surface area contributed by atoms with Crippen LogP contribution in [0.5, 0.6) is 0 Å². The van der Waals surface area contributed by atoms with Crippen molar-refractivity contribution < 1.29 is 19.1 Å². The van der Waals surface area contributed by atoms with Gasteiger partial charge >= 0.3 is 5.97 Å². The third-order valence-electron chi connectivity index (χ3n) is 5.16. The number of benzene rings is 3. The number of amides is 2. The molecule has 3 aromatic carbocycles. The number of thioether (sulfide) groups is 1. The van der Waals surface area contributed by atoms with E-state index < -0.39 is 17.1 Å². The van der Waals surface area contributed by atoms with Crippen LogP contribution in [0.1, 0.15) is 25.8 Å². The summed E-state index contributed by atoms with van der Waals surface area (Å²) in [6.07, 6.45) is 2.17. The van der Waals surface area contributed by atoms with Gasteiger partial charge in [0, 0.05) is 0 Å². The highest BCUT2D eigenvalue weighted by atomic mass is 32.2. The zero-order valence-corrected chi connectivity index (χ0v) is 17.6. The first kappa shape index (κ1) is 20.2. The number of esters is 1. The van der Waals surface area contributed by atoms with E-state index in [4.69, 9.17) is 4.74 Å². The maximum atomic E-state index is 12.9. The SMILES string of the molecule is CC[C@@H](C)OC(=O)CN1C(=O)S/C(=C/c2c3ccccc3cc3ccccc23)C1=O. The maximum absolute atomic E-state index is 12.9. The molecule has 0 aromatic heterocycles. The minimum absolute atomic E-state index is 0.255.